The highest BCUT2D eigenvalue weighted by molar-refractivity contribution is 5.43. The number of fused-ring (bicyclic) bond motifs is 1. The fourth-order valence-corrected chi connectivity index (χ4v) is 1.92. The van der Waals surface area contributed by atoms with E-state index in [1.54, 1.807) is 7.11 Å². The molecule has 1 unspecified atom stereocenters. The standard InChI is InChI=1S/C14H21NO3/c1-11(10-16-2)15-9-12-4-5-13-14(8-12)18-7-3-6-17-13/h4-5,8,11,15H,3,6-7,9-10H2,1-2H3. The molecule has 4 heteroatoms. The van der Waals surface area contributed by atoms with E-state index in [2.05, 4.69) is 18.3 Å². The van der Waals surface area contributed by atoms with Crippen LogP contribution in [0.2, 0.25) is 0 Å². The predicted molar refractivity (Wildman–Crippen MR) is 70.2 cm³/mol. The Morgan fingerprint density at radius 1 is 1.28 bits per heavy atom. The van der Waals surface area contributed by atoms with Gasteiger partial charge in [-0.3, -0.25) is 0 Å². The second-order valence-corrected chi connectivity index (χ2v) is 4.57. The summed E-state index contributed by atoms with van der Waals surface area (Å²) < 4.78 is 16.4. The Labute approximate surface area is 108 Å². The van der Waals surface area contributed by atoms with Crippen LogP contribution in [-0.2, 0) is 11.3 Å². The van der Waals surface area contributed by atoms with Crippen molar-refractivity contribution < 1.29 is 14.2 Å². The molecule has 0 saturated heterocycles. The van der Waals surface area contributed by atoms with Crippen molar-refractivity contribution in [3.05, 3.63) is 23.8 Å². The largest absolute Gasteiger partial charge is 0.490 e. The van der Waals surface area contributed by atoms with E-state index in [9.17, 15) is 0 Å². The van der Waals surface area contributed by atoms with Crippen LogP contribution < -0.4 is 14.8 Å². The zero-order chi connectivity index (χ0) is 12.8. The molecule has 1 aromatic rings. The van der Waals surface area contributed by atoms with Crippen molar-refractivity contribution in [2.24, 2.45) is 0 Å². The van der Waals surface area contributed by atoms with Crippen LogP contribution in [0.4, 0.5) is 0 Å². The monoisotopic (exact) mass is 251 g/mol. The van der Waals surface area contributed by atoms with Gasteiger partial charge in [0.05, 0.1) is 19.8 Å². The summed E-state index contributed by atoms with van der Waals surface area (Å²) in [4.78, 5) is 0. The molecule has 1 aromatic carbocycles. The molecule has 0 amide bonds. The molecule has 0 aromatic heterocycles. The summed E-state index contributed by atoms with van der Waals surface area (Å²) in [5.41, 5.74) is 1.20. The van der Waals surface area contributed by atoms with E-state index in [4.69, 9.17) is 14.2 Å². The van der Waals surface area contributed by atoms with Gasteiger partial charge in [-0.25, -0.2) is 0 Å². The Kier molecular flexibility index (Phi) is 4.84. The van der Waals surface area contributed by atoms with Gasteiger partial charge in [0.25, 0.3) is 0 Å². The van der Waals surface area contributed by atoms with Gasteiger partial charge >= 0.3 is 0 Å². The summed E-state index contributed by atoms with van der Waals surface area (Å²) in [5.74, 6) is 1.70. The number of ether oxygens (including phenoxy) is 3. The molecule has 1 atom stereocenters. The second kappa shape index (κ2) is 6.61. The molecular weight excluding hydrogens is 230 g/mol. The van der Waals surface area contributed by atoms with E-state index < -0.39 is 0 Å². The predicted octanol–water partition coefficient (Wildman–Crippen LogP) is 1.97. The van der Waals surface area contributed by atoms with Crippen LogP contribution in [0.15, 0.2) is 18.2 Å². The normalized spacial score (nSPS) is 16.1. The van der Waals surface area contributed by atoms with Crippen molar-refractivity contribution in [2.45, 2.75) is 25.9 Å². The average molecular weight is 251 g/mol. The zero-order valence-electron chi connectivity index (χ0n) is 11.1. The Hall–Kier alpha value is -1.26. The van der Waals surface area contributed by atoms with E-state index in [0.29, 0.717) is 12.6 Å². The van der Waals surface area contributed by atoms with Crippen molar-refractivity contribution in [2.75, 3.05) is 26.9 Å². The number of nitrogens with one attached hydrogen (secondary N) is 1. The SMILES string of the molecule is COCC(C)NCc1ccc2c(c1)OCCCO2. The highest BCUT2D eigenvalue weighted by atomic mass is 16.5. The number of hydrogen-bond donors (Lipinski definition) is 1. The third-order valence-corrected chi connectivity index (χ3v) is 2.88. The van der Waals surface area contributed by atoms with Gasteiger partial charge in [-0.1, -0.05) is 6.07 Å². The first-order valence-electron chi connectivity index (χ1n) is 6.40. The number of rotatable bonds is 5. The van der Waals surface area contributed by atoms with Gasteiger partial charge in [0, 0.05) is 26.1 Å². The molecular formula is C14H21NO3. The fourth-order valence-electron chi connectivity index (χ4n) is 1.92. The van der Waals surface area contributed by atoms with Gasteiger partial charge in [-0.05, 0) is 24.6 Å². The van der Waals surface area contributed by atoms with Crippen molar-refractivity contribution in [1.82, 2.24) is 5.32 Å². The first-order valence-corrected chi connectivity index (χ1v) is 6.40. The fraction of sp³-hybridized carbons (Fsp3) is 0.571. The molecule has 18 heavy (non-hydrogen) atoms. The Balaban J connectivity index is 1.95. The molecule has 0 radical (unpaired) electrons. The lowest BCUT2D eigenvalue weighted by molar-refractivity contribution is 0.171. The minimum absolute atomic E-state index is 0.339. The lowest BCUT2D eigenvalue weighted by Crippen LogP contribution is -2.29. The molecule has 4 nitrogen and oxygen atoms in total. The lowest BCUT2D eigenvalue weighted by Gasteiger charge is -2.14. The van der Waals surface area contributed by atoms with Crippen molar-refractivity contribution >= 4 is 0 Å². The van der Waals surface area contributed by atoms with E-state index >= 15 is 0 Å². The number of benzene rings is 1. The van der Waals surface area contributed by atoms with Crippen molar-refractivity contribution in [3.8, 4) is 11.5 Å². The van der Waals surface area contributed by atoms with Gasteiger partial charge in [0.2, 0.25) is 0 Å². The molecule has 1 heterocycles. The molecule has 0 saturated carbocycles. The van der Waals surface area contributed by atoms with Gasteiger partial charge < -0.3 is 19.5 Å². The van der Waals surface area contributed by atoms with Crippen LogP contribution in [-0.4, -0.2) is 33.0 Å². The quantitative estimate of drug-likeness (QED) is 0.868. The minimum atomic E-state index is 0.339. The number of methoxy groups -OCH3 is 1. The van der Waals surface area contributed by atoms with Crippen LogP contribution in [0.3, 0.4) is 0 Å². The number of hydrogen-bond acceptors (Lipinski definition) is 4. The van der Waals surface area contributed by atoms with Crippen molar-refractivity contribution in [3.63, 3.8) is 0 Å². The van der Waals surface area contributed by atoms with Crippen LogP contribution in [0, 0.1) is 0 Å². The van der Waals surface area contributed by atoms with E-state index in [0.717, 1.165) is 37.7 Å². The molecule has 0 spiro atoms. The van der Waals surface area contributed by atoms with Crippen LogP contribution in [0.1, 0.15) is 18.9 Å². The zero-order valence-corrected chi connectivity index (χ0v) is 11.1. The Bertz CT molecular complexity index is 381. The second-order valence-electron chi connectivity index (χ2n) is 4.57. The van der Waals surface area contributed by atoms with Gasteiger partial charge in [-0.2, -0.15) is 0 Å². The van der Waals surface area contributed by atoms with E-state index in [-0.39, 0.29) is 0 Å². The van der Waals surface area contributed by atoms with Crippen LogP contribution in [0.25, 0.3) is 0 Å². The Morgan fingerprint density at radius 3 is 2.83 bits per heavy atom. The van der Waals surface area contributed by atoms with E-state index in [1.165, 1.54) is 5.56 Å². The van der Waals surface area contributed by atoms with Crippen molar-refractivity contribution in [1.29, 1.82) is 0 Å². The summed E-state index contributed by atoms with van der Waals surface area (Å²) in [6.07, 6.45) is 0.938. The topological polar surface area (TPSA) is 39.7 Å². The average Bonchev–Trinajstić information content (AvgIpc) is 2.61. The molecule has 100 valence electrons. The van der Waals surface area contributed by atoms with Crippen LogP contribution >= 0.6 is 0 Å². The summed E-state index contributed by atoms with van der Waals surface area (Å²) >= 11 is 0. The molecule has 0 bridgehead atoms. The van der Waals surface area contributed by atoms with Gasteiger partial charge in [0.15, 0.2) is 11.5 Å². The molecule has 0 aliphatic carbocycles. The molecule has 1 aliphatic heterocycles. The third kappa shape index (κ3) is 3.62. The lowest BCUT2D eigenvalue weighted by atomic mass is 10.2. The third-order valence-electron chi connectivity index (χ3n) is 2.88. The highest BCUT2D eigenvalue weighted by Crippen LogP contribution is 2.30. The van der Waals surface area contributed by atoms with Gasteiger partial charge in [0.1, 0.15) is 0 Å². The minimum Gasteiger partial charge on any atom is -0.490 e. The molecule has 0 fully saturated rings. The smallest absolute Gasteiger partial charge is 0.161 e. The Morgan fingerprint density at radius 2 is 2.06 bits per heavy atom. The molecule has 2 rings (SSSR count). The maximum Gasteiger partial charge on any atom is 0.161 e. The summed E-state index contributed by atoms with van der Waals surface area (Å²) in [6.45, 7) is 5.08. The summed E-state index contributed by atoms with van der Waals surface area (Å²) in [7, 11) is 1.71. The molecule has 1 aliphatic rings. The maximum atomic E-state index is 5.67. The van der Waals surface area contributed by atoms with Gasteiger partial charge in [-0.15, -0.1) is 0 Å². The summed E-state index contributed by atoms with van der Waals surface area (Å²) in [5, 5.41) is 3.40. The van der Waals surface area contributed by atoms with E-state index in [1.807, 2.05) is 12.1 Å². The first-order chi connectivity index (χ1) is 8.79. The maximum absolute atomic E-state index is 5.67. The highest BCUT2D eigenvalue weighted by Gasteiger charge is 2.10. The summed E-state index contributed by atoms with van der Waals surface area (Å²) in [6, 6.07) is 6.44. The van der Waals surface area contributed by atoms with Crippen LogP contribution in [0.5, 0.6) is 11.5 Å². The first kappa shape index (κ1) is 13.2. The molecule has 1 N–H and O–H groups in total.